The minimum atomic E-state index is -3.28. The molecule has 0 aliphatic heterocycles. The number of anilines is 1. The van der Waals surface area contributed by atoms with E-state index in [9.17, 15) is 8.42 Å². The Morgan fingerprint density at radius 1 is 1.18 bits per heavy atom. The van der Waals surface area contributed by atoms with Gasteiger partial charge in [-0.3, -0.25) is 4.72 Å². The van der Waals surface area contributed by atoms with Crippen molar-refractivity contribution in [2.24, 2.45) is 7.05 Å². The standard InChI is InChI=1S/C16H19N3O2S/c1-3-4-11-22(20,21)18-14-7-5-13(6-8-14)16-10-9-15(12-17)19(16)2/h5-10,18H,3-4,11H2,1-2H3. The predicted molar refractivity (Wildman–Crippen MR) is 87.9 cm³/mol. The predicted octanol–water partition coefficient (Wildman–Crippen LogP) is 3.11. The van der Waals surface area contributed by atoms with Crippen LogP contribution in [0.3, 0.4) is 0 Å². The highest BCUT2D eigenvalue weighted by Crippen LogP contribution is 2.23. The van der Waals surface area contributed by atoms with Crippen LogP contribution in [0.25, 0.3) is 11.3 Å². The molecule has 22 heavy (non-hydrogen) atoms. The zero-order valence-electron chi connectivity index (χ0n) is 12.7. The van der Waals surface area contributed by atoms with Gasteiger partial charge in [-0.05, 0) is 36.2 Å². The number of nitrogens with one attached hydrogen (secondary N) is 1. The molecular formula is C16H19N3O2S. The number of nitriles is 1. The molecule has 6 heteroatoms. The molecule has 1 heterocycles. The number of rotatable bonds is 6. The molecule has 2 aromatic rings. The smallest absolute Gasteiger partial charge is 0.232 e. The topological polar surface area (TPSA) is 74.9 Å². The molecule has 0 fully saturated rings. The normalized spacial score (nSPS) is 11.1. The summed E-state index contributed by atoms with van der Waals surface area (Å²) < 4.78 is 28.1. The van der Waals surface area contributed by atoms with Crippen molar-refractivity contribution < 1.29 is 8.42 Å². The van der Waals surface area contributed by atoms with E-state index in [1.54, 1.807) is 22.8 Å². The van der Waals surface area contributed by atoms with Crippen LogP contribution in [0.5, 0.6) is 0 Å². The lowest BCUT2D eigenvalue weighted by molar-refractivity contribution is 0.598. The highest BCUT2D eigenvalue weighted by molar-refractivity contribution is 7.92. The van der Waals surface area contributed by atoms with Gasteiger partial charge in [0.15, 0.2) is 0 Å². The average molecular weight is 317 g/mol. The molecule has 0 unspecified atom stereocenters. The molecule has 1 N–H and O–H groups in total. The molecule has 0 atom stereocenters. The van der Waals surface area contributed by atoms with Gasteiger partial charge in [0.25, 0.3) is 0 Å². The fourth-order valence-corrected chi connectivity index (χ4v) is 3.45. The Labute approximate surface area is 131 Å². The summed E-state index contributed by atoms with van der Waals surface area (Å²) in [4.78, 5) is 0. The van der Waals surface area contributed by atoms with E-state index >= 15 is 0 Å². The minimum absolute atomic E-state index is 0.134. The van der Waals surface area contributed by atoms with Crippen LogP contribution in [0.2, 0.25) is 0 Å². The molecule has 0 aliphatic carbocycles. The molecule has 0 bridgehead atoms. The summed E-state index contributed by atoms with van der Waals surface area (Å²) in [6, 6.07) is 12.9. The molecule has 0 aliphatic rings. The Hall–Kier alpha value is -2.26. The molecule has 5 nitrogen and oxygen atoms in total. The first-order valence-electron chi connectivity index (χ1n) is 7.13. The quantitative estimate of drug-likeness (QED) is 0.889. The monoisotopic (exact) mass is 317 g/mol. The second-order valence-electron chi connectivity index (χ2n) is 5.13. The lowest BCUT2D eigenvalue weighted by Crippen LogP contribution is -2.16. The van der Waals surface area contributed by atoms with Crippen LogP contribution in [-0.4, -0.2) is 18.7 Å². The number of hydrogen-bond donors (Lipinski definition) is 1. The number of benzene rings is 1. The first-order chi connectivity index (χ1) is 10.5. The van der Waals surface area contributed by atoms with Crippen LogP contribution in [0.15, 0.2) is 36.4 Å². The van der Waals surface area contributed by atoms with Crippen molar-refractivity contribution in [3.8, 4) is 17.3 Å². The van der Waals surface area contributed by atoms with Crippen molar-refractivity contribution in [3.63, 3.8) is 0 Å². The molecule has 0 amide bonds. The van der Waals surface area contributed by atoms with Gasteiger partial charge in [0, 0.05) is 18.4 Å². The van der Waals surface area contributed by atoms with E-state index in [4.69, 9.17) is 5.26 Å². The summed E-state index contributed by atoms with van der Waals surface area (Å²) in [6.45, 7) is 1.96. The second kappa shape index (κ2) is 6.67. The van der Waals surface area contributed by atoms with Crippen LogP contribution in [0, 0.1) is 11.3 Å². The molecule has 0 saturated heterocycles. The fourth-order valence-electron chi connectivity index (χ4n) is 2.19. The van der Waals surface area contributed by atoms with Crippen molar-refractivity contribution in [2.75, 3.05) is 10.5 Å². The van der Waals surface area contributed by atoms with E-state index in [0.717, 1.165) is 17.7 Å². The number of hydrogen-bond acceptors (Lipinski definition) is 3. The maximum Gasteiger partial charge on any atom is 0.232 e. The summed E-state index contributed by atoms with van der Waals surface area (Å²) in [5.41, 5.74) is 2.98. The Morgan fingerprint density at radius 2 is 1.86 bits per heavy atom. The third-order valence-corrected chi connectivity index (χ3v) is 4.83. The van der Waals surface area contributed by atoms with E-state index in [0.29, 0.717) is 17.8 Å². The average Bonchev–Trinajstić information content (AvgIpc) is 2.86. The summed E-state index contributed by atoms with van der Waals surface area (Å²) in [5.74, 6) is 0.134. The van der Waals surface area contributed by atoms with Gasteiger partial charge in [-0.15, -0.1) is 0 Å². The van der Waals surface area contributed by atoms with Crippen molar-refractivity contribution in [1.82, 2.24) is 4.57 Å². The van der Waals surface area contributed by atoms with Crippen molar-refractivity contribution in [1.29, 1.82) is 5.26 Å². The van der Waals surface area contributed by atoms with Gasteiger partial charge in [0.1, 0.15) is 11.8 Å². The Morgan fingerprint density at radius 3 is 2.41 bits per heavy atom. The molecule has 0 radical (unpaired) electrons. The van der Waals surface area contributed by atoms with Crippen LogP contribution in [-0.2, 0) is 17.1 Å². The zero-order valence-corrected chi connectivity index (χ0v) is 13.5. The van der Waals surface area contributed by atoms with E-state index in [1.165, 1.54) is 0 Å². The maximum atomic E-state index is 11.9. The molecule has 116 valence electrons. The Kier molecular flexibility index (Phi) is 4.88. The first kappa shape index (κ1) is 16.1. The van der Waals surface area contributed by atoms with Crippen molar-refractivity contribution in [3.05, 3.63) is 42.1 Å². The third kappa shape index (κ3) is 3.68. The molecule has 0 spiro atoms. The summed E-state index contributed by atoms with van der Waals surface area (Å²) >= 11 is 0. The lowest BCUT2D eigenvalue weighted by Gasteiger charge is -2.09. The van der Waals surface area contributed by atoms with Crippen LogP contribution < -0.4 is 4.72 Å². The molecule has 1 aromatic heterocycles. The van der Waals surface area contributed by atoms with E-state index < -0.39 is 10.0 Å². The number of aromatic nitrogens is 1. The lowest BCUT2D eigenvalue weighted by atomic mass is 10.1. The van der Waals surface area contributed by atoms with E-state index in [1.807, 2.05) is 32.2 Å². The maximum absolute atomic E-state index is 11.9. The number of nitrogens with zero attached hydrogens (tertiary/aromatic N) is 2. The number of sulfonamides is 1. The summed E-state index contributed by atoms with van der Waals surface area (Å²) in [6.07, 6.45) is 1.49. The molecular weight excluding hydrogens is 298 g/mol. The zero-order chi connectivity index (χ0) is 16.2. The SMILES string of the molecule is CCCCS(=O)(=O)Nc1ccc(-c2ccc(C#N)n2C)cc1. The van der Waals surface area contributed by atoms with Crippen LogP contribution in [0.1, 0.15) is 25.5 Å². The largest absolute Gasteiger partial charge is 0.335 e. The highest BCUT2D eigenvalue weighted by atomic mass is 32.2. The van der Waals surface area contributed by atoms with Crippen LogP contribution >= 0.6 is 0 Å². The van der Waals surface area contributed by atoms with Gasteiger partial charge in [-0.2, -0.15) is 5.26 Å². The Bertz CT molecular complexity index is 784. The molecule has 2 rings (SSSR count). The van der Waals surface area contributed by atoms with Crippen molar-refractivity contribution >= 4 is 15.7 Å². The van der Waals surface area contributed by atoms with Crippen molar-refractivity contribution in [2.45, 2.75) is 19.8 Å². The van der Waals surface area contributed by atoms with Crippen LogP contribution in [0.4, 0.5) is 5.69 Å². The van der Waals surface area contributed by atoms with Gasteiger partial charge >= 0.3 is 0 Å². The minimum Gasteiger partial charge on any atom is -0.335 e. The van der Waals surface area contributed by atoms with E-state index in [2.05, 4.69) is 10.8 Å². The van der Waals surface area contributed by atoms with Gasteiger partial charge in [-0.1, -0.05) is 25.5 Å². The summed E-state index contributed by atoms with van der Waals surface area (Å²) in [7, 11) is -1.45. The molecule has 0 saturated carbocycles. The highest BCUT2D eigenvalue weighted by Gasteiger charge is 2.10. The fraction of sp³-hybridized carbons (Fsp3) is 0.312. The van der Waals surface area contributed by atoms with Gasteiger partial charge < -0.3 is 4.57 Å². The first-order valence-corrected chi connectivity index (χ1v) is 8.79. The van der Waals surface area contributed by atoms with Gasteiger partial charge in [-0.25, -0.2) is 8.42 Å². The Balaban J connectivity index is 2.17. The summed E-state index contributed by atoms with van der Waals surface area (Å²) in [5, 5.41) is 8.97. The molecule has 1 aromatic carbocycles. The third-order valence-electron chi connectivity index (χ3n) is 3.46. The van der Waals surface area contributed by atoms with E-state index in [-0.39, 0.29) is 5.75 Å². The van der Waals surface area contributed by atoms with Gasteiger partial charge in [0.05, 0.1) is 5.75 Å². The second-order valence-corrected chi connectivity index (χ2v) is 6.97. The number of unbranched alkanes of at least 4 members (excludes halogenated alkanes) is 1. The van der Waals surface area contributed by atoms with Gasteiger partial charge in [0.2, 0.25) is 10.0 Å².